The van der Waals surface area contributed by atoms with Gasteiger partial charge in [0, 0.05) is 12.5 Å². The predicted molar refractivity (Wildman–Crippen MR) is 79.3 cm³/mol. The van der Waals surface area contributed by atoms with E-state index in [0.717, 1.165) is 25.7 Å². The van der Waals surface area contributed by atoms with Crippen LogP contribution < -0.4 is 0 Å². The van der Waals surface area contributed by atoms with Gasteiger partial charge in [0.05, 0.1) is 14.2 Å². The minimum Gasteiger partial charge on any atom is -0.469 e. The molecule has 0 aromatic heterocycles. The van der Waals surface area contributed by atoms with Gasteiger partial charge in [-0.25, -0.2) is 4.79 Å². The monoisotopic (exact) mass is 284 g/mol. The minimum absolute atomic E-state index is 0.106. The van der Waals surface area contributed by atoms with Crippen LogP contribution in [0.5, 0.6) is 0 Å². The number of allylic oxidation sites excluding steroid dienone is 1. The molecule has 0 bridgehead atoms. The molecule has 0 fully saturated rings. The Hall–Kier alpha value is -1.32. The minimum atomic E-state index is -0.281. The average Bonchev–Trinajstić information content (AvgIpc) is 2.47. The quantitative estimate of drug-likeness (QED) is 0.311. The van der Waals surface area contributed by atoms with Crippen LogP contribution in [0.2, 0.25) is 0 Å². The molecule has 0 aliphatic carbocycles. The van der Waals surface area contributed by atoms with Gasteiger partial charge in [-0.15, -0.1) is 0 Å². The standard InChI is InChI=1S/C16H28O4/c1-19-15(17)13-11-9-7-5-3-4-6-8-10-12-14-16(18)20-2/h11,13H,3-10,12,14H2,1-2H3. The van der Waals surface area contributed by atoms with E-state index in [1.54, 1.807) is 0 Å². The Bertz CT molecular complexity index is 284. The van der Waals surface area contributed by atoms with Gasteiger partial charge in [0.1, 0.15) is 0 Å². The first kappa shape index (κ1) is 18.7. The molecule has 0 rings (SSSR count). The van der Waals surface area contributed by atoms with Crippen molar-refractivity contribution in [3.63, 3.8) is 0 Å². The number of ether oxygens (including phenoxy) is 2. The highest BCUT2D eigenvalue weighted by Crippen LogP contribution is 2.11. The fourth-order valence-electron chi connectivity index (χ4n) is 1.94. The van der Waals surface area contributed by atoms with Gasteiger partial charge in [0.2, 0.25) is 0 Å². The van der Waals surface area contributed by atoms with E-state index in [1.807, 2.05) is 6.08 Å². The fourth-order valence-corrected chi connectivity index (χ4v) is 1.94. The van der Waals surface area contributed by atoms with Gasteiger partial charge in [-0.3, -0.25) is 4.79 Å². The van der Waals surface area contributed by atoms with E-state index in [-0.39, 0.29) is 11.9 Å². The molecule has 4 heteroatoms. The molecule has 0 heterocycles. The van der Waals surface area contributed by atoms with Crippen molar-refractivity contribution < 1.29 is 19.1 Å². The molecule has 0 aliphatic heterocycles. The number of carbonyl (C=O) groups excluding carboxylic acids is 2. The lowest BCUT2D eigenvalue weighted by molar-refractivity contribution is -0.140. The molecule has 0 unspecified atom stereocenters. The van der Waals surface area contributed by atoms with Gasteiger partial charge < -0.3 is 9.47 Å². The zero-order valence-electron chi connectivity index (χ0n) is 12.9. The van der Waals surface area contributed by atoms with Crippen LogP contribution in [-0.2, 0) is 19.1 Å². The van der Waals surface area contributed by atoms with E-state index in [1.165, 1.54) is 52.4 Å². The van der Waals surface area contributed by atoms with Crippen molar-refractivity contribution in [3.8, 4) is 0 Å². The van der Waals surface area contributed by atoms with Crippen molar-refractivity contribution in [3.05, 3.63) is 12.2 Å². The summed E-state index contributed by atoms with van der Waals surface area (Å²) in [7, 11) is 2.82. The van der Waals surface area contributed by atoms with Gasteiger partial charge in [0.15, 0.2) is 0 Å². The highest BCUT2D eigenvalue weighted by Gasteiger charge is 1.99. The van der Waals surface area contributed by atoms with E-state index in [9.17, 15) is 9.59 Å². The van der Waals surface area contributed by atoms with E-state index in [4.69, 9.17) is 0 Å². The summed E-state index contributed by atoms with van der Waals surface area (Å²) in [5, 5.41) is 0. The van der Waals surface area contributed by atoms with Gasteiger partial charge in [-0.05, 0) is 19.3 Å². The van der Waals surface area contributed by atoms with Crippen LogP contribution in [0.25, 0.3) is 0 Å². The third-order valence-corrected chi connectivity index (χ3v) is 3.18. The first-order valence-corrected chi connectivity index (χ1v) is 7.52. The van der Waals surface area contributed by atoms with Crippen LogP contribution in [0.4, 0.5) is 0 Å². The number of hydrogen-bond donors (Lipinski definition) is 0. The maximum absolute atomic E-state index is 10.9. The maximum atomic E-state index is 10.9. The fraction of sp³-hybridized carbons (Fsp3) is 0.750. The van der Waals surface area contributed by atoms with Crippen LogP contribution in [0.1, 0.15) is 64.2 Å². The van der Waals surface area contributed by atoms with E-state index in [2.05, 4.69) is 9.47 Å². The predicted octanol–water partition coefficient (Wildman–Crippen LogP) is 3.79. The van der Waals surface area contributed by atoms with Crippen molar-refractivity contribution in [2.75, 3.05) is 14.2 Å². The van der Waals surface area contributed by atoms with Crippen LogP contribution >= 0.6 is 0 Å². The molecule has 20 heavy (non-hydrogen) atoms. The van der Waals surface area contributed by atoms with Crippen molar-refractivity contribution in [2.45, 2.75) is 64.2 Å². The molecule has 0 saturated carbocycles. The summed E-state index contributed by atoms with van der Waals surface area (Å²) in [5.74, 6) is -0.387. The number of methoxy groups -OCH3 is 2. The molecule has 0 spiro atoms. The maximum Gasteiger partial charge on any atom is 0.330 e. The second-order valence-corrected chi connectivity index (χ2v) is 4.87. The van der Waals surface area contributed by atoms with Gasteiger partial charge in [0.25, 0.3) is 0 Å². The third kappa shape index (κ3) is 13.1. The lowest BCUT2D eigenvalue weighted by Gasteiger charge is -2.01. The van der Waals surface area contributed by atoms with E-state index in [0.29, 0.717) is 6.42 Å². The summed E-state index contributed by atoms with van der Waals surface area (Å²) in [4.78, 5) is 21.7. The molecule has 4 nitrogen and oxygen atoms in total. The van der Waals surface area contributed by atoms with Gasteiger partial charge in [-0.2, -0.15) is 0 Å². The number of esters is 2. The van der Waals surface area contributed by atoms with Gasteiger partial charge in [-0.1, -0.05) is 44.6 Å². The smallest absolute Gasteiger partial charge is 0.330 e. The number of rotatable bonds is 12. The SMILES string of the molecule is COC(=O)C=CCCCCCCCCCCC(=O)OC. The summed E-state index contributed by atoms with van der Waals surface area (Å²) in [5.41, 5.74) is 0. The highest BCUT2D eigenvalue weighted by atomic mass is 16.5. The zero-order chi connectivity index (χ0) is 15.1. The summed E-state index contributed by atoms with van der Waals surface area (Å²) >= 11 is 0. The number of hydrogen-bond acceptors (Lipinski definition) is 4. The Morgan fingerprint density at radius 2 is 1.35 bits per heavy atom. The molecule has 0 aromatic rings. The molecule has 116 valence electrons. The number of unbranched alkanes of at least 4 members (excludes halogenated alkanes) is 8. The third-order valence-electron chi connectivity index (χ3n) is 3.18. The van der Waals surface area contributed by atoms with Crippen LogP contribution in [-0.4, -0.2) is 26.2 Å². The summed E-state index contributed by atoms with van der Waals surface area (Å²) in [6.07, 6.45) is 14.1. The highest BCUT2D eigenvalue weighted by molar-refractivity contribution is 5.81. The normalized spacial score (nSPS) is 10.7. The lowest BCUT2D eigenvalue weighted by atomic mass is 10.1. The van der Waals surface area contributed by atoms with Crippen molar-refractivity contribution in [2.24, 2.45) is 0 Å². The Kier molecular flexibility index (Phi) is 13.2. The largest absolute Gasteiger partial charge is 0.469 e. The first-order valence-electron chi connectivity index (χ1n) is 7.52. The molecular formula is C16H28O4. The van der Waals surface area contributed by atoms with Crippen LogP contribution in [0.15, 0.2) is 12.2 Å². The summed E-state index contributed by atoms with van der Waals surface area (Å²) in [6.45, 7) is 0. The molecule has 0 aromatic carbocycles. The second kappa shape index (κ2) is 14.1. The first-order chi connectivity index (χ1) is 9.70. The van der Waals surface area contributed by atoms with Crippen LogP contribution in [0, 0.1) is 0 Å². The van der Waals surface area contributed by atoms with Crippen LogP contribution in [0.3, 0.4) is 0 Å². The Morgan fingerprint density at radius 1 is 0.800 bits per heavy atom. The molecule has 0 amide bonds. The van der Waals surface area contributed by atoms with E-state index >= 15 is 0 Å². The Morgan fingerprint density at radius 3 is 1.90 bits per heavy atom. The van der Waals surface area contributed by atoms with Crippen molar-refractivity contribution in [1.82, 2.24) is 0 Å². The molecule has 0 radical (unpaired) electrons. The van der Waals surface area contributed by atoms with Crippen molar-refractivity contribution >= 4 is 11.9 Å². The lowest BCUT2D eigenvalue weighted by Crippen LogP contribution is -1.99. The Labute approximate surface area is 122 Å². The summed E-state index contributed by atoms with van der Waals surface area (Å²) in [6, 6.07) is 0. The molecule has 0 N–H and O–H groups in total. The van der Waals surface area contributed by atoms with E-state index < -0.39 is 0 Å². The molecule has 0 aliphatic rings. The van der Waals surface area contributed by atoms with Crippen molar-refractivity contribution in [1.29, 1.82) is 0 Å². The molecule has 0 saturated heterocycles. The average molecular weight is 284 g/mol. The van der Waals surface area contributed by atoms with Gasteiger partial charge >= 0.3 is 11.9 Å². The molecular weight excluding hydrogens is 256 g/mol. The molecule has 0 atom stereocenters. The summed E-state index contributed by atoms with van der Waals surface area (Å²) < 4.78 is 9.10. The second-order valence-electron chi connectivity index (χ2n) is 4.87. The zero-order valence-corrected chi connectivity index (χ0v) is 12.9. The number of carbonyl (C=O) groups is 2. The Balaban J connectivity index is 3.15. The topological polar surface area (TPSA) is 52.6 Å².